The van der Waals surface area contributed by atoms with E-state index in [1.807, 2.05) is 11.0 Å². The Morgan fingerprint density at radius 3 is 2.64 bits per heavy atom. The summed E-state index contributed by atoms with van der Waals surface area (Å²) in [5.74, 6) is -0.901. The SMILES string of the molecule is COC(=O)c1cn([C@@H]2C[C@@H](C(=O)NCc3cccc(C(F)(F)F)c3)N(Cc3cccc(O)c3)C2)nn1. The number of carbonyl (C=O) groups is 2. The number of benzene rings is 2. The zero-order valence-corrected chi connectivity index (χ0v) is 19.3. The van der Waals surface area contributed by atoms with Crippen LogP contribution < -0.4 is 5.32 Å². The summed E-state index contributed by atoms with van der Waals surface area (Å²) in [6, 6.07) is 10.5. The van der Waals surface area contributed by atoms with Gasteiger partial charge in [0.15, 0.2) is 5.69 Å². The minimum absolute atomic E-state index is 0.0366. The highest BCUT2D eigenvalue weighted by Crippen LogP contribution is 2.31. The number of nitrogens with zero attached hydrogens (tertiary/aromatic N) is 4. The smallest absolute Gasteiger partial charge is 0.416 e. The molecule has 3 aromatic rings. The molecule has 1 amide bonds. The van der Waals surface area contributed by atoms with Crippen molar-refractivity contribution >= 4 is 11.9 Å². The number of hydrogen-bond acceptors (Lipinski definition) is 7. The number of amides is 1. The van der Waals surface area contributed by atoms with Crippen LogP contribution in [-0.4, -0.2) is 56.6 Å². The van der Waals surface area contributed by atoms with Gasteiger partial charge in [-0.3, -0.25) is 9.69 Å². The highest BCUT2D eigenvalue weighted by atomic mass is 19.4. The first-order valence-electron chi connectivity index (χ1n) is 11.1. The number of hydrogen-bond donors (Lipinski definition) is 2. The standard InChI is InChI=1S/C24H24F3N5O4/c1-36-23(35)20-14-32(30-29-20)18-10-21(31(13-18)12-16-5-3-7-19(33)9-16)22(34)28-11-15-4-2-6-17(8-15)24(25,26)27/h2-9,14,18,21,33H,10-13H2,1H3,(H,28,34)/t18-,21+/m1/s1. The average molecular weight is 503 g/mol. The van der Waals surface area contributed by atoms with Crippen LogP contribution in [0.3, 0.4) is 0 Å². The fraction of sp³-hybridized carbons (Fsp3) is 0.333. The van der Waals surface area contributed by atoms with Gasteiger partial charge >= 0.3 is 12.1 Å². The summed E-state index contributed by atoms with van der Waals surface area (Å²) in [5, 5.41) is 20.4. The van der Waals surface area contributed by atoms with Gasteiger partial charge in [0.05, 0.1) is 31.0 Å². The summed E-state index contributed by atoms with van der Waals surface area (Å²) in [6.07, 6.45) is -2.69. The molecular formula is C24H24F3N5O4. The van der Waals surface area contributed by atoms with Crippen molar-refractivity contribution in [2.75, 3.05) is 13.7 Å². The minimum Gasteiger partial charge on any atom is -0.508 e. The predicted octanol–water partition coefficient (Wildman–Crippen LogP) is 2.92. The number of aromatic hydroxyl groups is 1. The Morgan fingerprint density at radius 1 is 1.17 bits per heavy atom. The van der Waals surface area contributed by atoms with E-state index in [9.17, 15) is 27.9 Å². The van der Waals surface area contributed by atoms with Gasteiger partial charge in [-0.1, -0.05) is 29.5 Å². The van der Waals surface area contributed by atoms with Crippen LogP contribution in [0.15, 0.2) is 54.7 Å². The maximum atomic E-state index is 13.2. The van der Waals surface area contributed by atoms with Crippen LogP contribution in [0.4, 0.5) is 13.2 Å². The molecule has 0 spiro atoms. The Labute approximate surface area is 204 Å². The van der Waals surface area contributed by atoms with E-state index in [2.05, 4.69) is 20.4 Å². The molecule has 1 aliphatic heterocycles. The minimum atomic E-state index is -4.47. The van der Waals surface area contributed by atoms with Crippen LogP contribution in [0.25, 0.3) is 0 Å². The van der Waals surface area contributed by atoms with Crippen molar-refractivity contribution in [2.45, 2.75) is 37.8 Å². The first-order valence-corrected chi connectivity index (χ1v) is 11.1. The third-order valence-electron chi connectivity index (χ3n) is 5.98. The Kier molecular flexibility index (Phi) is 7.25. The van der Waals surface area contributed by atoms with E-state index in [1.54, 1.807) is 18.2 Å². The van der Waals surface area contributed by atoms with Crippen LogP contribution in [0.1, 0.15) is 39.6 Å². The summed E-state index contributed by atoms with van der Waals surface area (Å²) in [4.78, 5) is 26.8. The van der Waals surface area contributed by atoms with Crippen molar-refractivity contribution < 1.29 is 32.6 Å². The number of methoxy groups -OCH3 is 1. The monoisotopic (exact) mass is 503 g/mol. The lowest BCUT2D eigenvalue weighted by atomic mass is 10.1. The molecule has 0 bridgehead atoms. The average Bonchev–Trinajstić information content (AvgIpc) is 3.49. The van der Waals surface area contributed by atoms with Crippen molar-refractivity contribution in [3.05, 3.63) is 77.1 Å². The number of nitrogens with one attached hydrogen (secondary N) is 1. The number of esters is 1. The summed E-state index contributed by atoms with van der Waals surface area (Å²) >= 11 is 0. The molecule has 1 fully saturated rings. The number of halogens is 3. The van der Waals surface area contributed by atoms with Crippen LogP contribution in [-0.2, 0) is 28.8 Å². The summed E-state index contributed by atoms with van der Waals surface area (Å²) in [5.41, 5.74) is 0.356. The molecule has 0 unspecified atom stereocenters. The molecule has 0 radical (unpaired) electrons. The van der Waals surface area contributed by atoms with E-state index in [4.69, 9.17) is 0 Å². The largest absolute Gasteiger partial charge is 0.508 e. The second-order valence-corrected chi connectivity index (χ2v) is 8.50. The van der Waals surface area contributed by atoms with Gasteiger partial charge in [-0.05, 0) is 41.8 Å². The van der Waals surface area contributed by atoms with E-state index < -0.39 is 23.8 Å². The van der Waals surface area contributed by atoms with Crippen molar-refractivity contribution in [2.24, 2.45) is 0 Å². The van der Waals surface area contributed by atoms with Gasteiger partial charge in [0.2, 0.25) is 5.91 Å². The van der Waals surface area contributed by atoms with Gasteiger partial charge in [-0.15, -0.1) is 5.10 Å². The molecule has 9 nitrogen and oxygen atoms in total. The Bertz CT molecular complexity index is 1250. The molecule has 0 aliphatic carbocycles. The summed E-state index contributed by atoms with van der Waals surface area (Å²) < 4.78 is 45.2. The number of ether oxygens (including phenoxy) is 1. The van der Waals surface area contributed by atoms with E-state index in [1.165, 1.54) is 30.1 Å². The van der Waals surface area contributed by atoms with E-state index in [0.717, 1.165) is 17.7 Å². The second kappa shape index (κ2) is 10.4. The molecule has 12 heteroatoms. The number of alkyl halides is 3. The zero-order valence-electron chi connectivity index (χ0n) is 19.3. The highest BCUT2D eigenvalue weighted by Gasteiger charge is 2.38. The quantitative estimate of drug-likeness (QED) is 0.477. The number of phenols is 1. The molecule has 4 rings (SSSR count). The third kappa shape index (κ3) is 5.82. The van der Waals surface area contributed by atoms with Gasteiger partial charge in [0.25, 0.3) is 0 Å². The van der Waals surface area contributed by atoms with Crippen LogP contribution in [0, 0.1) is 0 Å². The van der Waals surface area contributed by atoms with Crippen LogP contribution in [0.5, 0.6) is 5.75 Å². The van der Waals surface area contributed by atoms with Gasteiger partial charge in [-0.2, -0.15) is 13.2 Å². The summed E-state index contributed by atoms with van der Waals surface area (Å²) in [7, 11) is 1.23. The summed E-state index contributed by atoms with van der Waals surface area (Å²) in [6.45, 7) is 0.659. The van der Waals surface area contributed by atoms with Gasteiger partial charge in [-0.25, -0.2) is 9.48 Å². The Balaban J connectivity index is 1.51. The molecule has 36 heavy (non-hydrogen) atoms. The topological polar surface area (TPSA) is 110 Å². The van der Waals surface area contributed by atoms with Crippen molar-refractivity contribution in [3.8, 4) is 5.75 Å². The second-order valence-electron chi connectivity index (χ2n) is 8.50. The predicted molar refractivity (Wildman–Crippen MR) is 121 cm³/mol. The maximum absolute atomic E-state index is 13.2. The number of phenolic OH excluding ortho intramolecular Hbond substituents is 1. The Morgan fingerprint density at radius 2 is 1.92 bits per heavy atom. The lowest BCUT2D eigenvalue weighted by Gasteiger charge is -2.23. The molecule has 1 aromatic heterocycles. The number of carbonyl (C=O) groups excluding carboxylic acids is 2. The van der Waals surface area contributed by atoms with Crippen molar-refractivity contribution in [1.82, 2.24) is 25.2 Å². The molecule has 2 aromatic carbocycles. The molecule has 1 aliphatic rings. The molecule has 2 atom stereocenters. The highest BCUT2D eigenvalue weighted by molar-refractivity contribution is 5.86. The number of aromatic nitrogens is 3. The number of rotatable bonds is 7. The Hall–Kier alpha value is -3.93. The molecule has 0 saturated carbocycles. The lowest BCUT2D eigenvalue weighted by molar-refractivity contribution is -0.137. The molecular weight excluding hydrogens is 479 g/mol. The maximum Gasteiger partial charge on any atom is 0.416 e. The molecule has 2 heterocycles. The van der Waals surface area contributed by atoms with Crippen molar-refractivity contribution in [1.29, 1.82) is 0 Å². The van der Waals surface area contributed by atoms with Crippen LogP contribution in [0.2, 0.25) is 0 Å². The fourth-order valence-electron chi connectivity index (χ4n) is 4.23. The first kappa shape index (κ1) is 25.2. The van der Waals surface area contributed by atoms with Gasteiger partial charge in [0, 0.05) is 19.6 Å². The van der Waals surface area contributed by atoms with Crippen LogP contribution >= 0.6 is 0 Å². The van der Waals surface area contributed by atoms with E-state index in [-0.39, 0.29) is 29.9 Å². The van der Waals surface area contributed by atoms with Gasteiger partial charge in [0.1, 0.15) is 5.75 Å². The van der Waals surface area contributed by atoms with E-state index >= 15 is 0 Å². The first-order chi connectivity index (χ1) is 17.1. The third-order valence-corrected chi connectivity index (χ3v) is 5.98. The van der Waals surface area contributed by atoms with Gasteiger partial charge < -0.3 is 15.2 Å². The zero-order chi connectivity index (χ0) is 25.9. The molecule has 2 N–H and O–H groups in total. The molecule has 1 saturated heterocycles. The number of likely N-dealkylation sites (tertiary alicyclic amines) is 1. The normalized spacial score (nSPS) is 18.2. The van der Waals surface area contributed by atoms with E-state index in [0.29, 0.717) is 25.1 Å². The molecule has 190 valence electrons. The van der Waals surface area contributed by atoms with Crippen molar-refractivity contribution in [3.63, 3.8) is 0 Å². The lowest BCUT2D eigenvalue weighted by Crippen LogP contribution is -2.42. The fourth-order valence-corrected chi connectivity index (χ4v) is 4.23.